The molecule has 1 amide bonds. The number of benzene rings is 2. The molecule has 0 bridgehead atoms. The van der Waals surface area contributed by atoms with Gasteiger partial charge in [-0.3, -0.25) is 9.59 Å². The standard InChI is InChI=1S/C27H22N4O2S3/c32-22(29-26-28-21(14-35-26)17-7-2-1-3-8-17)15-36-27-30-24(33)23-20(13-34-25(23)31-27)19-11-10-16-6-4-5-9-18(16)12-19/h1-3,7-8,10-14H,4-6,9,15H2,(H,28,29,32)(H,30,31,33). The van der Waals surface area contributed by atoms with Gasteiger partial charge in [0.15, 0.2) is 10.3 Å². The molecule has 9 heteroatoms. The number of rotatable bonds is 6. The van der Waals surface area contributed by atoms with Crippen molar-refractivity contribution in [3.63, 3.8) is 0 Å². The van der Waals surface area contributed by atoms with Crippen LogP contribution in [-0.4, -0.2) is 26.6 Å². The summed E-state index contributed by atoms with van der Waals surface area (Å²) in [7, 11) is 0. The Morgan fingerprint density at radius 1 is 0.972 bits per heavy atom. The molecule has 3 heterocycles. The zero-order valence-corrected chi connectivity index (χ0v) is 21.7. The van der Waals surface area contributed by atoms with E-state index in [1.54, 1.807) is 0 Å². The van der Waals surface area contributed by atoms with Crippen molar-refractivity contribution in [3.8, 4) is 22.4 Å². The Balaban J connectivity index is 1.15. The molecule has 36 heavy (non-hydrogen) atoms. The number of anilines is 1. The van der Waals surface area contributed by atoms with Crippen molar-refractivity contribution < 1.29 is 4.79 Å². The van der Waals surface area contributed by atoms with E-state index in [0.29, 0.717) is 20.5 Å². The van der Waals surface area contributed by atoms with Crippen LogP contribution >= 0.6 is 34.4 Å². The summed E-state index contributed by atoms with van der Waals surface area (Å²) in [6.45, 7) is 0. The predicted octanol–water partition coefficient (Wildman–Crippen LogP) is 6.38. The van der Waals surface area contributed by atoms with Gasteiger partial charge < -0.3 is 10.3 Å². The average molecular weight is 531 g/mol. The number of H-pyrrole nitrogens is 1. The van der Waals surface area contributed by atoms with Gasteiger partial charge in [0.05, 0.1) is 16.8 Å². The minimum atomic E-state index is -0.197. The summed E-state index contributed by atoms with van der Waals surface area (Å²) in [4.78, 5) is 38.2. The Labute approximate surface area is 219 Å². The van der Waals surface area contributed by atoms with E-state index in [1.807, 2.05) is 41.1 Å². The van der Waals surface area contributed by atoms with Gasteiger partial charge in [0, 0.05) is 21.9 Å². The van der Waals surface area contributed by atoms with Crippen molar-refractivity contribution >= 4 is 55.7 Å². The Morgan fingerprint density at radius 3 is 2.67 bits per heavy atom. The first kappa shape index (κ1) is 23.1. The van der Waals surface area contributed by atoms with E-state index >= 15 is 0 Å². The van der Waals surface area contributed by atoms with Gasteiger partial charge in [0.2, 0.25) is 5.91 Å². The summed E-state index contributed by atoms with van der Waals surface area (Å²) >= 11 is 4.05. The highest BCUT2D eigenvalue weighted by Gasteiger charge is 2.17. The van der Waals surface area contributed by atoms with E-state index in [2.05, 4.69) is 38.5 Å². The molecule has 0 spiro atoms. The molecule has 1 aliphatic rings. The van der Waals surface area contributed by atoms with Crippen molar-refractivity contribution in [1.82, 2.24) is 15.0 Å². The number of hydrogen-bond donors (Lipinski definition) is 2. The molecule has 6 nitrogen and oxygen atoms in total. The smallest absolute Gasteiger partial charge is 0.260 e. The lowest BCUT2D eigenvalue weighted by Gasteiger charge is -2.16. The largest absolute Gasteiger partial charge is 0.301 e. The number of nitrogens with one attached hydrogen (secondary N) is 2. The molecule has 180 valence electrons. The summed E-state index contributed by atoms with van der Waals surface area (Å²) in [6.07, 6.45) is 4.69. The number of hydrogen-bond acceptors (Lipinski definition) is 7. The minimum absolute atomic E-state index is 0.123. The molecule has 0 aliphatic heterocycles. The summed E-state index contributed by atoms with van der Waals surface area (Å²) < 4.78 is 0. The molecule has 1 aliphatic carbocycles. The molecule has 0 fully saturated rings. The second-order valence-electron chi connectivity index (χ2n) is 8.63. The van der Waals surface area contributed by atoms with E-state index in [4.69, 9.17) is 0 Å². The maximum atomic E-state index is 13.0. The Hall–Kier alpha value is -3.27. The number of amides is 1. The fraction of sp³-hybridized carbons (Fsp3) is 0.185. The lowest BCUT2D eigenvalue weighted by Crippen LogP contribution is -2.15. The van der Waals surface area contributed by atoms with Crippen LogP contribution in [0.4, 0.5) is 5.13 Å². The van der Waals surface area contributed by atoms with Crippen LogP contribution in [0, 0.1) is 0 Å². The number of thiophene rings is 1. The van der Waals surface area contributed by atoms with Crippen LogP contribution in [0.25, 0.3) is 32.6 Å². The molecular weight excluding hydrogens is 509 g/mol. The molecule has 6 rings (SSSR count). The summed E-state index contributed by atoms with van der Waals surface area (Å²) in [5.74, 6) is -0.0739. The van der Waals surface area contributed by atoms with E-state index in [-0.39, 0.29) is 17.2 Å². The number of thioether (sulfide) groups is 1. The van der Waals surface area contributed by atoms with Crippen molar-refractivity contribution in [3.05, 3.63) is 80.8 Å². The first-order chi connectivity index (χ1) is 17.6. The fourth-order valence-electron chi connectivity index (χ4n) is 4.47. The first-order valence-electron chi connectivity index (χ1n) is 11.7. The number of nitrogens with zero attached hydrogens (tertiary/aromatic N) is 2. The molecule has 5 aromatic rings. The third-order valence-corrected chi connectivity index (χ3v) is 8.75. The van der Waals surface area contributed by atoms with E-state index in [0.717, 1.165) is 35.2 Å². The van der Waals surface area contributed by atoms with Crippen molar-refractivity contribution in [2.24, 2.45) is 0 Å². The van der Waals surface area contributed by atoms with Gasteiger partial charge in [-0.2, -0.15) is 0 Å². The third kappa shape index (κ3) is 4.74. The van der Waals surface area contributed by atoms with Crippen LogP contribution in [0.5, 0.6) is 0 Å². The Kier molecular flexibility index (Phi) is 6.43. The highest BCUT2D eigenvalue weighted by atomic mass is 32.2. The van der Waals surface area contributed by atoms with Gasteiger partial charge in [-0.25, -0.2) is 9.97 Å². The van der Waals surface area contributed by atoms with Crippen molar-refractivity contribution in [2.45, 2.75) is 30.8 Å². The van der Waals surface area contributed by atoms with Gasteiger partial charge in [0.25, 0.3) is 5.56 Å². The highest BCUT2D eigenvalue weighted by molar-refractivity contribution is 7.99. The third-order valence-electron chi connectivity index (χ3n) is 6.24. The van der Waals surface area contributed by atoms with Gasteiger partial charge in [0.1, 0.15) is 4.83 Å². The first-order valence-corrected chi connectivity index (χ1v) is 14.5. The predicted molar refractivity (Wildman–Crippen MR) is 149 cm³/mol. The monoisotopic (exact) mass is 530 g/mol. The molecule has 0 unspecified atom stereocenters. The van der Waals surface area contributed by atoms with Gasteiger partial charge in [-0.05, 0) is 42.4 Å². The second-order valence-corrected chi connectivity index (χ2v) is 11.3. The summed E-state index contributed by atoms with van der Waals surface area (Å²) in [6, 6.07) is 16.4. The zero-order valence-electron chi connectivity index (χ0n) is 19.2. The van der Waals surface area contributed by atoms with Crippen molar-refractivity contribution in [1.29, 1.82) is 0 Å². The number of aromatic nitrogens is 3. The number of aryl methyl sites for hydroxylation is 2. The number of fused-ring (bicyclic) bond motifs is 2. The van der Waals surface area contributed by atoms with E-state index < -0.39 is 0 Å². The van der Waals surface area contributed by atoms with Crippen molar-refractivity contribution in [2.75, 3.05) is 11.1 Å². The number of aromatic amines is 1. The summed E-state index contributed by atoms with van der Waals surface area (Å²) in [5, 5.41) is 8.35. The zero-order chi connectivity index (χ0) is 24.5. The Morgan fingerprint density at radius 2 is 1.81 bits per heavy atom. The van der Waals surface area contributed by atoms with Crippen LogP contribution in [0.2, 0.25) is 0 Å². The molecule has 0 radical (unpaired) electrons. The molecule has 2 aromatic carbocycles. The number of carbonyl (C=O) groups excluding carboxylic acids is 1. The second kappa shape index (κ2) is 10.0. The normalized spacial score (nSPS) is 13.0. The van der Waals surface area contributed by atoms with E-state index in [1.165, 1.54) is 58.4 Å². The molecule has 0 saturated heterocycles. The molecular formula is C27H22N4O2S3. The minimum Gasteiger partial charge on any atom is -0.301 e. The average Bonchev–Trinajstić information content (AvgIpc) is 3.55. The molecule has 2 N–H and O–H groups in total. The number of carbonyl (C=O) groups is 1. The topological polar surface area (TPSA) is 87.7 Å². The highest BCUT2D eigenvalue weighted by Crippen LogP contribution is 2.34. The SMILES string of the molecule is O=C(CSc1nc2scc(-c3ccc4c(c3)CCCC4)c2c(=O)[nH]1)Nc1nc(-c2ccccc2)cs1. The van der Waals surface area contributed by atoms with Gasteiger partial charge in [-0.15, -0.1) is 22.7 Å². The van der Waals surface area contributed by atoms with E-state index in [9.17, 15) is 9.59 Å². The van der Waals surface area contributed by atoms with Gasteiger partial charge in [-0.1, -0.05) is 60.3 Å². The molecule has 3 aromatic heterocycles. The molecule has 0 atom stereocenters. The lowest BCUT2D eigenvalue weighted by atomic mass is 9.89. The quantitative estimate of drug-likeness (QED) is 0.196. The number of thiazole rings is 1. The van der Waals surface area contributed by atoms with Crippen LogP contribution in [0.3, 0.4) is 0 Å². The summed E-state index contributed by atoms with van der Waals surface area (Å²) in [5.41, 5.74) is 6.44. The lowest BCUT2D eigenvalue weighted by molar-refractivity contribution is -0.113. The Bertz CT molecular complexity index is 1620. The molecule has 0 saturated carbocycles. The maximum Gasteiger partial charge on any atom is 0.260 e. The van der Waals surface area contributed by atoms with Crippen LogP contribution < -0.4 is 10.9 Å². The van der Waals surface area contributed by atoms with Crippen LogP contribution in [0.1, 0.15) is 24.0 Å². The fourth-order valence-corrected chi connectivity index (χ4v) is 6.88. The van der Waals surface area contributed by atoms with Gasteiger partial charge >= 0.3 is 0 Å². The maximum absolute atomic E-state index is 13.0. The van der Waals surface area contributed by atoms with Crippen LogP contribution in [0.15, 0.2) is 69.2 Å². The van der Waals surface area contributed by atoms with Crippen LogP contribution in [-0.2, 0) is 17.6 Å².